The molecule has 16 heavy (non-hydrogen) atoms. The largest absolute Gasteiger partial charge is 0.462 e. The maximum atomic E-state index is 11.2. The molecule has 0 spiro atoms. The summed E-state index contributed by atoms with van der Waals surface area (Å²) in [7, 11) is 0. The molecule has 0 heterocycles. The van der Waals surface area contributed by atoms with Gasteiger partial charge in [-0.3, -0.25) is 0 Å². The maximum absolute atomic E-state index is 11.2. The lowest BCUT2D eigenvalue weighted by atomic mass is 9.98. The lowest BCUT2D eigenvalue weighted by molar-refractivity contribution is -0.138. The van der Waals surface area contributed by atoms with Crippen LogP contribution in [0.4, 0.5) is 0 Å². The number of carbonyl (C=O) groups excluding carboxylic acids is 1. The first kappa shape index (κ1) is 14.7. The Bertz CT molecular complexity index is 294. The van der Waals surface area contributed by atoms with Crippen LogP contribution in [0.15, 0.2) is 36.0 Å². The van der Waals surface area contributed by atoms with Gasteiger partial charge in [0, 0.05) is 12.0 Å². The predicted octanol–water partition coefficient (Wildman–Crippen LogP) is 3.65. The third kappa shape index (κ3) is 7.04. The van der Waals surface area contributed by atoms with E-state index in [4.69, 9.17) is 4.74 Å². The van der Waals surface area contributed by atoms with Crippen LogP contribution in [0.3, 0.4) is 0 Å². The van der Waals surface area contributed by atoms with Gasteiger partial charge in [0.05, 0.1) is 6.61 Å². The van der Waals surface area contributed by atoms with Crippen LogP contribution >= 0.6 is 0 Å². The van der Waals surface area contributed by atoms with Gasteiger partial charge in [-0.05, 0) is 34.1 Å². The summed E-state index contributed by atoms with van der Waals surface area (Å²) < 4.78 is 5.12. The number of rotatable bonds is 6. The molecule has 0 saturated heterocycles. The molecule has 0 aromatic rings. The van der Waals surface area contributed by atoms with Crippen molar-refractivity contribution in [2.75, 3.05) is 6.61 Å². The molecule has 2 nitrogen and oxygen atoms in total. The molecule has 0 radical (unpaired) electrons. The summed E-state index contributed by atoms with van der Waals surface area (Å²) in [6.45, 7) is 12.2. The van der Waals surface area contributed by atoms with Gasteiger partial charge in [-0.2, -0.15) is 0 Å². The van der Waals surface area contributed by atoms with E-state index in [0.717, 1.165) is 12.0 Å². The van der Waals surface area contributed by atoms with Crippen LogP contribution < -0.4 is 0 Å². The first-order valence-electron chi connectivity index (χ1n) is 5.55. The van der Waals surface area contributed by atoms with Crippen molar-refractivity contribution in [2.45, 2.75) is 34.1 Å². The SMILES string of the molecule is C=C(C)C(CC=C(C)C)COC(=O)C=CC. The van der Waals surface area contributed by atoms with Crippen molar-refractivity contribution in [3.8, 4) is 0 Å². The van der Waals surface area contributed by atoms with E-state index < -0.39 is 0 Å². The van der Waals surface area contributed by atoms with E-state index in [1.807, 2.05) is 6.92 Å². The summed E-state index contributed by atoms with van der Waals surface area (Å²) in [6, 6.07) is 0. The highest BCUT2D eigenvalue weighted by Crippen LogP contribution is 2.15. The summed E-state index contributed by atoms with van der Waals surface area (Å²) in [6.07, 6.45) is 6.12. The molecule has 90 valence electrons. The summed E-state index contributed by atoms with van der Waals surface area (Å²) in [5.74, 6) is -0.0740. The molecule has 2 heteroatoms. The second-order valence-corrected chi connectivity index (χ2v) is 4.19. The summed E-state index contributed by atoms with van der Waals surface area (Å²) in [4.78, 5) is 11.2. The van der Waals surface area contributed by atoms with E-state index >= 15 is 0 Å². The summed E-state index contributed by atoms with van der Waals surface area (Å²) in [5.41, 5.74) is 2.32. The van der Waals surface area contributed by atoms with Crippen LogP contribution in [0.25, 0.3) is 0 Å². The molecular formula is C14H22O2. The first-order valence-corrected chi connectivity index (χ1v) is 5.55. The van der Waals surface area contributed by atoms with Gasteiger partial charge in [0.1, 0.15) is 0 Å². The number of hydrogen-bond acceptors (Lipinski definition) is 2. The van der Waals surface area contributed by atoms with Crippen LogP contribution in [0, 0.1) is 5.92 Å². The Morgan fingerprint density at radius 2 is 2.00 bits per heavy atom. The zero-order valence-corrected chi connectivity index (χ0v) is 10.7. The minimum Gasteiger partial charge on any atom is -0.462 e. The average molecular weight is 222 g/mol. The molecule has 0 aliphatic heterocycles. The molecule has 0 amide bonds. The van der Waals surface area contributed by atoms with E-state index in [2.05, 4.69) is 26.5 Å². The third-order valence-electron chi connectivity index (χ3n) is 2.24. The number of carbonyl (C=O) groups is 1. The van der Waals surface area contributed by atoms with Gasteiger partial charge in [-0.25, -0.2) is 4.79 Å². The Morgan fingerprint density at radius 1 is 1.38 bits per heavy atom. The quantitative estimate of drug-likeness (QED) is 0.389. The average Bonchev–Trinajstić information content (AvgIpc) is 2.17. The molecule has 0 fully saturated rings. The monoisotopic (exact) mass is 222 g/mol. The minimum absolute atomic E-state index is 0.212. The van der Waals surface area contributed by atoms with E-state index in [9.17, 15) is 4.79 Å². The van der Waals surface area contributed by atoms with Crippen molar-refractivity contribution >= 4 is 5.97 Å². The van der Waals surface area contributed by atoms with Crippen molar-refractivity contribution in [1.82, 2.24) is 0 Å². The van der Waals surface area contributed by atoms with E-state index in [0.29, 0.717) is 6.61 Å². The van der Waals surface area contributed by atoms with Crippen molar-refractivity contribution in [1.29, 1.82) is 0 Å². The highest BCUT2D eigenvalue weighted by molar-refractivity contribution is 5.81. The van der Waals surface area contributed by atoms with Crippen molar-refractivity contribution in [2.24, 2.45) is 5.92 Å². The van der Waals surface area contributed by atoms with Crippen LogP contribution in [-0.4, -0.2) is 12.6 Å². The number of hydrogen-bond donors (Lipinski definition) is 0. The van der Waals surface area contributed by atoms with E-state index in [1.165, 1.54) is 11.6 Å². The van der Waals surface area contributed by atoms with Crippen LogP contribution in [0.2, 0.25) is 0 Å². The highest BCUT2D eigenvalue weighted by atomic mass is 16.5. The molecule has 0 aliphatic rings. The van der Waals surface area contributed by atoms with Crippen LogP contribution in [0.5, 0.6) is 0 Å². The van der Waals surface area contributed by atoms with Gasteiger partial charge in [0.25, 0.3) is 0 Å². The molecular weight excluding hydrogens is 200 g/mol. The lowest BCUT2D eigenvalue weighted by Gasteiger charge is -2.14. The third-order valence-corrected chi connectivity index (χ3v) is 2.24. The molecule has 0 saturated carbocycles. The van der Waals surface area contributed by atoms with Crippen LogP contribution in [-0.2, 0) is 9.53 Å². The molecule has 0 aromatic carbocycles. The normalized spacial score (nSPS) is 12.2. The van der Waals surface area contributed by atoms with Gasteiger partial charge in [0.2, 0.25) is 0 Å². The highest BCUT2D eigenvalue weighted by Gasteiger charge is 2.10. The van der Waals surface area contributed by atoms with E-state index in [-0.39, 0.29) is 11.9 Å². The van der Waals surface area contributed by atoms with E-state index in [1.54, 1.807) is 13.0 Å². The van der Waals surface area contributed by atoms with Crippen molar-refractivity contribution in [3.63, 3.8) is 0 Å². The number of allylic oxidation sites excluding steroid dienone is 3. The molecule has 0 aromatic heterocycles. The zero-order valence-electron chi connectivity index (χ0n) is 10.7. The van der Waals surface area contributed by atoms with Gasteiger partial charge in [-0.1, -0.05) is 29.9 Å². The summed E-state index contributed by atoms with van der Waals surface area (Å²) >= 11 is 0. The Balaban J connectivity index is 4.20. The smallest absolute Gasteiger partial charge is 0.330 e. The molecule has 0 bridgehead atoms. The maximum Gasteiger partial charge on any atom is 0.330 e. The van der Waals surface area contributed by atoms with Gasteiger partial charge in [0.15, 0.2) is 0 Å². The first-order chi connectivity index (χ1) is 7.47. The molecule has 1 unspecified atom stereocenters. The Hall–Kier alpha value is -1.31. The Morgan fingerprint density at radius 3 is 2.44 bits per heavy atom. The molecule has 0 rings (SSSR count). The zero-order chi connectivity index (χ0) is 12.6. The van der Waals surface area contributed by atoms with Gasteiger partial charge >= 0.3 is 5.97 Å². The second-order valence-electron chi connectivity index (χ2n) is 4.19. The number of ether oxygens (including phenoxy) is 1. The van der Waals surface area contributed by atoms with Crippen molar-refractivity contribution in [3.05, 3.63) is 36.0 Å². The topological polar surface area (TPSA) is 26.3 Å². The fourth-order valence-electron chi connectivity index (χ4n) is 1.16. The minimum atomic E-state index is -0.286. The van der Waals surface area contributed by atoms with Gasteiger partial charge in [-0.15, -0.1) is 0 Å². The fraction of sp³-hybridized carbons (Fsp3) is 0.500. The lowest BCUT2D eigenvalue weighted by Crippen LogP contribution is -2.13. The standard InChI is InChI=1S/C14H22O2/c1-6-7-14(15)16-10-13(12(4)5)9-8-11(2)3/h6-8,13H,4,9-10H2,1-3,5H3. The number of esters is 1. The van der Waals surface area contributed by atoms with Gasteiger partial charge < -0.3 is 4.74 Å². The van der Waals surface area contributed by atoms with Crippen LogP contribution in [0.1, 0.15) is 34.1 Å². The Kier molecular flexibility index (Phi) is 7.27. The predicted molar refractivity (Wildman–Crippen MR) is 68.1 cm³/mol. The summed E-state index contributed by atoms with van der Waals surface area (Å²) in [5, 5.41) is 0. The molecule has 0 aliphatic carbocycles. The fourth-order valence-corrected chi connectivity index (χ4v) is 1.16. The second kappa shape index (κ2) is 7.91. The molecule has 1 atom stereocenters. The molecule has 0 N–H and O–H groups in total. The Labute approximate surface area is 98.7 Å². The van der Waals surface area contributed by atoms with Crippen molar-refractivity contribution < 1.29 is 9.53 Å².